The lowest BCUT2D eigenvalue weighted by Gasteiger charge is -2.31. The van der Waals surface area contributed by atoms with Gasteiger partial charge in [-0.05, 0) is 12.8 Å². The number of amides is 2. The molecule has 2 atom stereocenters. The maximum atomic E-state index is 12.1. The van der Waals surface area contributed by atoms with E-state index >= 15 is 0 Å². The zero-order valence-electron chi connectivity index (χ0n) is 11.8. The molecule has 0 bridgehead atoms. The predicted octanol–water partition coefficient (Wildman–Crippen LogP) is -0.995. The van der Waals surface area contributed by atoms with Gasteiger partial charge in [0.25, 0.3) is 0 Å². The van der Waals surface area contributed by atoms with E-state index in [9.17, 15) is 18.0 Å². The van der Waals surface area contributed by atoms with Crippen molar-refractivity contribution in [2.24, 2.45) is 5.92 Å². The number of nitrogens with zero attached hydrogens (tertiary/aromatic N) is 2. The molecule has 1 N–H and O–H groups in total. The van der Waals surface area contributed by atoms with Gasteiger partial charge in [-0.1, -0.05) is 0 Å². The zero-order chi connectivity index (χ0) is 14.9. The summed E-state index contributed by atoms with van der Waals surface area (Å²) >= 11 is 0. The Labute approximate surface area is 119 Å². The lowest BCUT2D eigenvalue weighted by molar-refractivity contribution is -0.128. The Hall–Kier alpha value is -1.15. The number of carbonyl (C=O) groups is 2. The first-order chi connectivity index (χ1) is 9.27. The van der Waals surface area contributed by atoms with Gasteiger partial charge in [0, 0.05) is 39.1 Å². The Balaban J connectivity index is 1.90. The lowest BCUT2D eigenvalue weighted by Crippen LogP contribution is -2.50. The van der Waals surface area contributed by atoms with Crippen molar-refractivity contribution in [2.45, 2.75) is 25.3 Å². The summed E-state index contributed by atoms with van der Waals surface area (Å²) in [6.07, 6.45) is 2.93. The average molecular weight is 303 g/mol. The summed E-state index contributed by atoms with van der Waals surface area (Å²) in [5.74, 6) is -0.490. The van der Waals surface area contributed by atoms with Crippen LogP contribution in [-0.2, 0) is 19.6 Å². The summed E-state index contributed by atoms with van der Waals surface area (Å²) in [7, 11) is -1.53. The number of piperidine rings is 1. The molecule has 2 aliphatic heterocycles. The summed E-state index contributed by atoms with van der Waals surface area (Å²) in [6, 6.07) is -0.160. The maximum Gasteiger partial charge on any atom is 0.225 e. The second-order valence-corrected chi connectivity index (χ2v) is 7.63. The summed E-state index contributed by atoms with van der Waals surface area (Å²) < 4.78 is 24.4. The second-order valence-electron chi connectivity index (χ2n) is 5.64. The Morgan fingerprint density at radius 3 is 2.60 bits per heavy atom. The lowest BCUT2D eigenvalue weighted by atomic mass is 10.0. The fourth-order valence-corrected chi connectivity index (χ4v) is 3.63. The Morgan fingerprint density at radius 2 is 2.05 bits per heavy atom. The van der Waals surface area contributed by atoms with E-state index < -0.39 is 10.0 Å². The molecule has 0 aliphatic carbocycles. The van der Waals surface area contributed by atoms with Gasteiger partial charge in [-0.3, -0.25) is 9.59 Å². The van der Waals surface area contributed by atoms with Crippen LogP contribution in [0.3, 0.4) is 0 Å². The Kier molecular flexibility index (Phi) is 4.33. The van der Waals surface area contributed by atoms with Crippen molar-refractivity contribution in [2.75, 3.05) is 32.9 Å². The molecule has 2 heterocycles. The Bertz CT molecular complexity index is 505. The standard InChI is InChI=1S/C12H21N3O4S/c1-14-7-9(6-11(14)16)12(17)13-10-4-3-5-15(8-10)20(2,18)19/h9-10H,3-8H2,1-2H3,(H,13,17)/t9-,10-/m0/s1. The molecule has 0 aromatic heterocycles. The third kappa shape index (κ3) is 3.49. The molecule has 2 amide bonds. The highest BCUT2D eigenvalue weighted by Crippen LogP contribution is 2.18. The first-order valence-electron chi connectivity index (χ1n) is 6.77. The maximum absolute atomic E-state index is 12.1. The molecule has 0 aromatic carbocycles. The van der Waals surface area contributed by atoms with E-state index in [4.69, 9.17) is 0 Å². The molecule has 114 valence electrons. The van der Waals surface area contributed by atoms with Gasteiger partial charge in [-0.15, -0.1) is 0 Å². The van der Waals surface area contributed by atoms with Crippen LogP contribution in [0.5, 0.6) is 0 Å². The van der Waals surface area contributed by atoms with E-state index in [0.29, 0.717) is 19.6 Å². The quantitative estimate of drug-likeness (QED) is 0.725. The summed E-state index contributed by atoms with van der Waals surface area (Å²) in [6.45, 7) is 1.27. The highest BCUT2D eigenvalue weighted by Gasteiger charge is 2.34. The number of hydrogen-bond acceptors (Lipinski definition) is 4. The van der Waals surface area contributed by atoms with Crippen LogP contribution < -0.4 is 5.32 Å². The van der Waals surface area contributed by atoms with Gasteiger partial charge < -0.3 is 10.2 Å². The molecule has 0 aromatic rings. The van der Waals surface area contributed by atoms with Crippen LogP contribution in [0.1, 0.15) is 19.3 Å². The van der Waals surface area contributed by atoms with E-state index in [1.807, 2.05) is 0 Å². The molecule has 0 saturated carbocycles. The monoisotopic (exact) mass is 303 g/mol. The smallest absolute Gasteiger partial charge is 0.225 e. The van der Waals surface area contributed by atoms with Gasteiger partial charge in [-0.25, -0.2) is 12.7 Å². The van der Waals surface area contributed by atoms with E-state index in [1.54, 1.807) is 11.9 Å². The summed E-state index contributed by atoms with van der Waals surface area (Å²) in [5.41, 5.74) is 0. The highest BCUT2D eigenvalue weighted by atomic mass is 32.2. The van der Waals surface area contributed by atoms with Gasteiger partial charge in [0.1, 0.15) is 0 Å². The molecular formula is C12H21N3O4S. The second kappa shape index (κ2) is 5.69. The van der Waals surface area contributed by atoms with E-state index in [0.717, 1.165) is 12.8 Å². The number of carbonyl (C=O) groups excluding carboxylic acids is 2. The van der Waals surface area contributed by atoms with Crippen molar-refractivity contribution in [1.82, 2.24) is 14.5 Å². The first kappa shape index (κ1) is 15.2. The summed E-state index contributed by atoms with van der Waals surface area (Å²) in [5, 5.41) is 2.88. The molecule has 2 fully saturated rings. The van der Waals surface area contributed by atoms with Crippen molar-refractivity contribution in [3.8, 4) is 0 Å². The molecule has 0 unspecified atom stereocenters. The topological polar surface area (TPSA) is 86.8 Å². The van der Waals surface area contributed by atoms with Crippen LogP contribution in [0, 0.1) is 5.92 Å². The third-order valence-electron chi connectivity index (χ3n) is 3.91. The van der Waals surface area contributed by atoms with E-state index in [-0.39, 0.29) is 30.2 Å². The van der Waals surface area contributed by atoms with Crippen molar-refractivity contribution in [3.05, 3.63) is 0 Å². The number of sulfonamides is 1. The van der Waals surface area contributed by atoms with Crippen molar-refractivity contribution in [1.29, 1.82) is 0 Å². The number of hydrogen-bond donors (Lipinski definition) is 1. The zero-order valence-corrected chi connectivity index (χ0v) is 12.6. The molecule has 2 aliphatic rings. The fraction of sp³-hybridized carbons (Fsp3) is 0.833. The van der Waals surface area contributed by atoms with Crippen molar-refractivity contribution >= 4 is 21.8 Å². The molecule has 2 saturated heterocycles. The minimum absolute atomic E-state index is 0.0217. The molecule has 0 radical (unpaired) electrons. The predicted molar refractivity (Wildman–Crippen MR) is 73.3 cm³/mol. The molecule has 20 heavy (non-hydrogen) atoms. The average Bonchev–Trinajstić information content (AvgIpc) is 2.69. The fourth-order valence-electron chi connectivity index (χ4n) is 2.72. The van der Waals surface area contributed by atoms with Gasteiger partial charge in [0.2, 0.25) is 21.8 Å². The SMILES string of the molecule is CN1C[C@@H](C(=O)N[C@H]2CCCN(S(C)(=O)=O)C2)CC1=O. The molecule has 2 rings (SSSR count). The van der Waals surface area contributed by atoms with Crippen LogP contribution in [0.2, 0.25) is 0 Å². The van der Waals surface area contributed by atoms with Crippen LogP contribution in [-0.4, -0.2) is 68.4 Å². The minimum atomic E-state index is -3.21. The number of nitrogens with one attached hydrogen (secondary N) is 1. The van der Waals surface area contributed by atoms with Crippen LogP contribution in [0.15, 0.2) is 0 Å². The minimum Gasteiger partial charge on any atom is -0.352 e. The highest BCUT2D eigenvalue weighted by molar-refractivity contribution is 7.88. The van der Waals surface area contributed by atoms with E-state index in [2.05, 4.69) is 5.32 Å². The van der Waals surface area contributed by atoms with Gasteiger partial charge in [-0.2, -0.15) is 0 Å². The first-order valence-corrected chi connectivity index (χ1v) is 8.61. The third-order valence-corrected chi connectivity index (χ3v) is 5.18. The van der Waals surface area contributed by atoms with Gasteiger partial charge in [0.05, 0.1) is 12.2 Å². The van der Waals surface area contributed by atoms with Crippen LogP contribution >= 0.6 is 0 Å². The van der Waals surface area contributed by atoms with E-state index in [1.165, 1.54) is 10.6 Å². The van der Waals surface area contributed by atoms with Crippen LogP contribution in [0.25, 0.3) is 0 Å². The largest absolute Gasteiger partial charge is 0.352 e. The molecule has 7 nitrogen and oxygen atoms in total. The molecular weight excluding hydrogens is 282 g/mol. The van der Waals surface area contributed by atoms with Crippen molar-refractivity contribution < 1.29 is 18.0 Å². The van der Waals surface area contributed by atoms with Gasteiger partial charge in [0.15, 0.2) is 0 Å². The van der Waals surface area contributed by atoms with Crippen molar-refractivity contribution in [3.63, 3.8) is 0 Å². The van der Waals surface area contributed by atoms with Crippen LogP contribution in [0.4, 0.5) is 0 Å². The van der Waals surface area contributed by atoms with Gasteiger partial charge >= 0.3 is 0 Å². The molecule has 0 spiro atoms. The Morgan fingerprint density at radius 1 is 1.35 bits per heavy atom. The number of likely N-dealkylation sites (tertiary alicyclic amines) is 1. The normalized spacial score (nSPS) is 28.7. The molecule has 8 heteroatoms. The summed E-state index contributed by atoms with van der Waals surface area (Å²) in [4.78, 5) is 25.1. The number of rotatable bonds is 3.